The van der Waals surface area contributed by atoms with E-state index in [0.717, 1.165) is 16.7 Å². The Hall–Kier alpha value is -1.81. The summed E-state index contributed by atoms with van der Waals surface area (Å²) in [5.74, 6) is -1.22. The standard InChI is InChI=1S/C18H10Br2ClNO5S/c19-12-4-9(5-13(20)16(12)27-8-15(23)24)6-14-17(25)22(18(26)28-14)11-3-1-2-10(21)7-11/h1-7H,8H2,(H,23,24)/b14-6+. The fraction of sp³-hybridized carbons (Fsp3) is 0.0556. The minimum Gasteiger partial charge on any atom is -0.480 e. The van der Waals surface area contributed by atoms with Crippen molar-refractivity contribution in [1.29, 1.82) is 0 Å². The summed E-state index contributed by atoms with van der Waals surface area (Å²) >= 11 is 13.4. The van der Waals surface area contributed by atoms with E-state index in [2.05, 4.69) is 31.9 Å². The topological polar surface area (TPSA) is 83.9 Å². The van der Waals surface area contributed by atoms with Crippen LogP contribution < -0.4 is 9.64 Å². The molecule has 1 fully saturated rings. The third kappa shape index (κ3) is 4.60. The Morgan fingerprint density at radius 1 is 1.21 bits per heavy atom. The average Bonchev–Trinajstić information content (AvgIpc) is 2.87. The Morgan fingerprint density at radius 3 is 2.50 bits per heavy atom. The van der Waals surface area contributed by atoms with Crippen molar-refractivity contribution >= 4 is 84.1 Å². The summed E-state index contributed by atoms with van der Waals surface area (Å²) in [6, 6.07) is 9.82. The van der Waals surface area contributed by atoms with E-state index < -0.39 is 23.7 Å². The molecule has 2 aromatic rings. The number of carbonyl (C=O) groups is 3. The number of imide groups is 1. The van der Waals surface area contributed by atoms with Gasteiger partial charge in [-0.15, -0.1) is 0 Å². The van der Waals surface area contributed by atoms with E-state index >= 15 is 0 Å². The molecule has 2 aromatic carbocycles. The highest BCUT2D eigenvalue weighted by atomic mass is 79.9. The number of halogens is 3. The number of carboxylic acids is 1. The summed E-state index contributed by atoms with van der Waals surface area (Å²) in [6.07, 6.45) is 1.58. The quantitative estimate of drug-likeness (QED) is 0.493. The molecule has 1 saturated heterocycles. The van der Waals surface area contributed by atoms with Crippen LogP contribution in [0.2, 0.25) is 5.02 Å². The highest BCUT2D eigenvalue weighted by Crippen LogP contribution is 2.39. The molecule has 0 unspecified atom stereocenters. The van der Waals surface area contributed by atoms with Crippen molar-refractivity contribution in [3.63, 3.8) is 0 Å². The molecule has 6 nitrogen and oxygen atoms in total. The number of benzene rings is 2. The predicted octanol–water partition coefficient (Wildman–Crippen LogP) is 5.57. The number of rotatable bonds is 5. The molecule has 1 N–H and O–H groups in total. The second-order valence-electron chi connectivity index (χ2n) is 5.49. The first-order valence-corrected chi connectivity index (χ1v) is 10.4. The number of nitrogens with zero attached hydrogens (tertiary/aromatic N) is 1. The molecule has 0 aromatic heterocycles. The summed E-state index contributed by atoms with van der Waals surface area (Å²) in [6.45, 7) is -0.491. The predicted molar refractivity (Wildman–Crippen MR) is 115 cm³/mol. The molecule has 0 atom stereocenters. The van der Waals surface area contributed by atoms with Gasteiger partial charge >= 0.3 is 5.97 Å². The van der Waals surface area contributed by atoms with Crippen LogP contribution in [0.25, 0.3) is 6.08 Å². The fourth-order valence-corrected chi connectivity index (χ4v) is 4.87. The van der Waals surface area contributed by atoms with Crippen LogP contribution >= 0.6 is 55.2 Å². The van der Waals surface area contributed by atoms with E-state index in [1.54, 1.807) is 42.5 Å². The number of ether oxygens (including phenoxy) is 1. The molecule has 0 spiro atoms. The van der Waals surface area contributed by atoms with Crippen LogP contribution in [0.1, 0.15) is 5.56 Å². The van der Waals surface area contributed by atoms with Crippen molar-refractivity contribution in [2.45, 2.75) is 0 Å². The summed E-state index contributed by atoms with van der Waals surface area (Å²) in [5.41, 5.74) is 1.02. The van der Waals surface area contributed by atoms with Crippen LogP contribution in [0.15, 0.2) is 50.2 Å². The monoisotopic (exact) mass is 545 g/mol. The van der Waals surface area contributed by atoms with Gasteiger partial charge in [-0.2, -0.15) is 0 Å². The van der Waals surface area contributed by atoms with Crippen molar-refractivity contribution in [1.82, 2.24) is 0 Å². The number of carbonyl (C=O) groups excluding carboxylic acids is 2. The van der Waals surface area contributed by atoms with Crippen LogP contribution in [-0.4, -0.2) is 28.8 Å². The van der Waals surface area contributed by atoms with Crippen molar-refractivity contribution in [3.05, 3.63) is 60.8 Å². The van der Waals surface area contributed by atoms with Gasteiger partial charge in [0.1, 0.15) is 5.75 Å². The number of hydrogen-bond acceptors (Lipinski definition) is 5. The number of aliphatic carboxylic acids is 1. The minimum atomic E-state index is -1.10. The third-order valence-corrected chi connectivity index (χ3v) is 5.80. The summed E-state index contributed by atoms with van der Waals surface area (Å²) < 4.78 is 6.22. The lowest BCUT2D eigenvalue weighted by Gasteiger charge is -2.12. The number of hydrogen-bond donors (Lipinski definition) is 1. The minimum absolute atomic E-state index is 0.253. The zero-order valence-electron chi connectivity index (χ0n) is 13.8. The number of anilines is 1. The zero-order chi connectivity index (χ0) is 20.4. The van der Waals surface area contributed by atoms with Gasteiger partial charge in [0.2, 0.25) is 0 Å². The van der Waals surface area contributed by atoms with E-state index in [4.69, 9.17) is 21.4 Å². The largest absolute Gasteiger partial charge is 0.480 e. The molecule has 144 valence electrons. The molecule has 3 rings (SSSR count). The summed E-state index contributed by atoms with van der Waals surface area (Å²) in [5, 5.41) is 8.74. The molecule has 2 amide bonds. The molecule has 0 aliphatic carbocycles. The maximum Gasteiger partial charge on any atom is 0.341 e. The third-order valence-electron chi connectivity index (χ3n) is 3.52. The van der Waals surface area contributed by atoms with Crippen molar-refractivity contribution in [3.8, 4) is 5.75 Å². The van der Waals surface area contributed by atoms with Gasteiger partial charge < -0.3 is 9.84 Å². The maximum absolute atomic E-state index is 12.7. The Labute approximate surface area is 185 Å². The fourth-order valence-electron chi connectivity index (χ4n) is 2.39. The summed E-state index contributed by atoms with van der Waals surface area (Å²) in [4.78, 5) is 37.0. The normalized spacial score (nSPS) is 15.4. The van der Waals surface area contributed by atoms with Crippen LogP contribution in [0, 0.1) is 0 Å². The van der Waals surface area contributed by atoms with Gasteiger partial charge in [0.25, 0.3) is 11.1 Å². The van der Waals surface area contributed by atoms with Gasteiger partial charge in [0.05, 0.1) is 19.5 Å². The lowest BCUT2D eigenvalue weighted by Crippen LogP contribution is -2.27. The van der Waals surface area contributed by atoms with E-state index in [1.165, 1.54) is 0 Å². The van der Waals surface area contributed by atoms with Gasteiger partial charge in [0.15, 0.2) is 6.61 Å². The lowest BCUT2D eigenvalue weighted by atomic mass is 10.2. The molecule has 28 heavy (non-hydrogen) atoms. The van der Waals surface area contributed by atoms with Crippen molar-refractivity contribution < 1.29 is 24.2 Å². The molecule has 1 aliphatic rings. The first kappa shape index (κ1) is 20.9. The Morgan fingerprint density at radius 2 is 1.89 bits per heavy atom. The maximum atomic E-state index is 12.7. The van der Waals surface area contributed by atoms with Crippen LogP contribution in [0.3, 0.4) is 0 Å². The highest BCUT2D eigenvalue weighted by molar-refractivity contribution is 9.11. The highest BCUT2D eigenvalue weighted by Gasteiger charge is 2.36. The SMILES string of the molecule is O=C(O)COc1c(Br)cc(/C=C2/SC(=O)N(c3cccc(Cl)c3)C2=O)cc1Br. The number of amides is 2. The van der Waals surface area contributed by atoms with Gasteiger partial charge in [-0.25, -0.2) is 9.69 Å². The smallest absolute Gasteiger partial charge is 0.341 e. The van der Waals surface area contributed by atoms with Gasteiger partial charge in [-0.3, -0.25) is 9.59 Å². The van der Waals surface area contributed by atoms with E-state index in [9.17, 15) is 14.4 Å². The van der Waals surface area contributed by atoms with Gasteiger partial charge in [-0.05, 0) is 85.6 Å². The Bertz CT molecular complexity index is 1000. The molecule has 1 aliphatic heterocycles. The first-order chi connectivity index (χ1) is 13.3. The second-order valence-corrected chi connectivity index (χ2v) is 8.63. The number of carboxylic acid groups (broad SMARTS) is 1. The van der Waals surface area contributed by atoms with Gasteiger partial charge in [0, 0.05) is 5.02 Å². The van der Waals surface area contributed by atoms with Crippen molar-refractivity contribution in [2.24, 2.45) is 0 Å². The van der Waals surface area contributed by atoms with Crippen LogP contribution in [0.5, 0.6) is 5.75 Å². The average molecular weight is 548 g/mol. The lowest BCUT2D eigenvalue weighted by molar-refractivity contribution is -0.139. The van der Waals surface area contributed by atoms with E-state index in [1.807, 2.05) is 0 Å². The number of thioether (sulfide) groups is 1. The van der Waals surface area contributed by atoms with Crippen LogP contribution in [-0.2, 0) is 9.59 Å². The van der Waals surface area contributed by atoms with E-state index in [-0.39, 0.29) is 4.91 Å². The molecule has 0 saturated carbocycles. The molecule has 1 heterocycles. The molecule has 0 radical (unpaired) electrons. The first-order valence-electron chi connectivity index (χ1n) is 7.63. The molecular formula is C18H10Br2ClNO5S. The van der Waals surface area contributed by atoms with Crippen LogP contribution in [0.4, 0.5) is 10.5 Å². The van der Waals surface area contributed by atoms with E-state index in [0.29, 0.717) is 31.0 Å². The zero-order valence-corrected chi connectivity index (χ0v) is 18.6. The molecule has 0 bridgehead atoms. The summed E-state index contributed by atoms with van der Waals surface area (Å²) in [7, 11) is 0. The Kier molecular flexibility index (Phi) is 6.49. The molecular weight excluding hydrogens is 538 g/mol. The second kappa shape index (κ2) is 8.69. The molecule has 10 heteroatoms. The van der Waals surface area contributed by atoms with Gasteiger partial charge in [-0.1, -0.05) is 17.7 Å². The van der Waals surface area contributed by atoms with Crippen molar-refractivity contribution in [2.75, 3.05) is 11.5 Å². The Balaban J connectivity index is 1.89.